The summed E-state index contributed by atoms with van der Waals surface area (Å²) in [5, 5.41) is 3.68. The zero-order chi connectivity index (χ0) is 16.2. The third-order valence-electron chi connectivity index (χ3n) is 2.88. The van der Waals surface area contributed by atoms with Gasteiger partial charge in [0.05, 0.1) is 17.6 Å². The van der Waals surface area contributed by atoms with Crippen molar-refractivity contribution in [2.45, 2.75) is 11.8 Å². The lowest BCUT2D eigenvalue weighted by Gasteiger charge is -2.02. The van der Waals surface area contributed by atoms with Crippen molar-refractivity contribution in [3.05, 3.63) is 59.7 Å². The van der Waals surface area contributed by atoms with Gasteiger partial charge in [0.25, 0.3) is 10.0 Å². The summed E-state index contributed by atoms with van der Waals surface area (Å²) in [6.45, 7) is 1.85. The summed E-state index contributed by atoms with van der Waals surface area (Å²) in [6, 6.07) is 12.5. The van der Waals surface area contributed by atoms with Crippen molar-refractivity contribution >= 4 is 21.7 Å². The molecule has 7 heteroatoms. The van der Waals surface area contributed by atoms with E-state index in [1.54, 1.807) is 24.3 Å². The van der Waals surface area contributed by atoms with Gasteiger partial charge in [-0.05, 0) is 31.2 Å². The van der Waals surface area contributed by atoms with Gasteiger partial charge in [0.15, 0.2) is 0 Å². The van der Waals surface area contributed by atoms with Gasteiger partial charge >= 0.3 is 5.97 Å². The van der Waals surface area contributed by atoms with Crippen LogP contribution in [0.15, 0.2) is 63.1 Å². The van der Waals surface area contributed by atoms with Crippen molar-refractivity contribution in [3.8, 4) is 0 Å². The van der Waals surface area contributed by atoms with E-state index in [9.17, 15) is 13.2 Å². The fraction of sp³-hybridized carbons (Fsp3) is 0.133. The van der Waals surface area contributed by atoms with Crippen LogP contribution >= 0.6 is 0 Å². The minimum atomic E-state index is -3.92. The summed E-state index contributed by atoms with van der Waals surface area (Å²) in [6.07, 6.45) is 0. The topological polar surface area (TPSA) is 85.2 Å². The molecule has 0 saturated heterocycles. The van der Waals surface area contributed by atoms with Crippen LogP contribution in [0.2, 0.25) is 0 Å². The number of ether oxygens (including phenoxy) is 1. The summed E-state index contributed by atoms with van der Waals surface area (Å²) in [5.74, 6) is -0.609. The summed E-state index contributed by atoms with van der Waals surface area (Å²) < 4.78 is 32.2. The Morgan fingerprint density at radius 3 is 2.32 bits per heavy atom. The van der Waals surface area contributed by atoms with Crippen LogP contribution in [0.5, 0.6) is 0 Å². The van der Waals surface area contributed by atoms with E-state index in [0.717, 1.165) is 5.56 Å². The van der Waals surface area contributed by atoms with Gasteiger partial charge in [-0.2, -0.15) is 8.42 Å². The van der Waals surface area contributed by atoms with Crippen LogP contribution in [0.4, 0.5) is 5.69 Å². The largest absolute Gasteiger partial charge is 0.465 e. The maximum atomic E-state index is 12.1. The number of hydrogen-bond acceptors (Lipinski definition) is 5. The number of rotatable bonds is 4. The summed E-state index contributed by atoms with van der Waals surface area (Å²) in [7, 11) is -2.68. The molecule has 0 amide bonds. The summed E-state index contributed by atoms with van der Waals surface area (Å²) >= 11 is 0. The number of benzene rings is 2. The highest BCUT2D eigenvalue weighted by molar-refractivity contribution is 7.90. The second-order valence-corrected chi connectivity index (χ2v) is 6.06. The number of carbonyl (C=O) groups is 1. The first kappa shape index (κ1) is 15.8. The lowest BCUT2D eigenvalue weighted by molar-refractivity contribution is 0.0601. The van der Waals surface area contributed by atoms with Crippen molar-refractivity contribution in [3.63, 3.8) is 0 Å². The van der Waals surface area contributed by atoms with Crippen molar-refractivity contribution in [2.75, 3.05) is 7.11 Å². The molecule has 0 saturated carbocycles. The molecule has 0 aliphatic carbocycles. The monoisotopic (exact) mass is 318 g/mol. The zero-order valence-electron chi connectivity index (χ0n) is 12.1. The normalized spacial score (nSPS) is 11.5. The lowest BCUT2D eigenvalue weighted by atomic mass is 10.2. The number of hydrogen-bond donors (Lipinski definition) is 0. The number of sulfonamides is 1. The number of aryl methyl sites for hydroxylation is 1. The molecule has 0 aromatic heterocycles. The average Bonchev–Trinajstić information content (AvgIpc) is 2.53. The molecule has 0 bridgehead atoms. The van der Waals surface area contributed by atoms with E-state index < -0.39 is 16.0 Å². The first-order valence-corrected chi connectivity index (χ1v) is 7.80. The maximum absolute atomic E-state index is 12.1. The predicted octanol–water partition coefficient (Wildman–Crippen LogP) is 3.25. The first-order valence-electron chi connectivity index (χ1n) is 6.36. The van der Waals surface area contributed by atoms with E-state index in [0.29, 0.717) is 0 Å². The summed E-state index contributed by atoms with van der Waals surface area (Å²) in [5.41, 5.74) is 1.21. The molecule has 0 atom stereocenters. The van der Waals surface area contributed by atoms with Gasteiger partial charge in [-0.1, -0.05) is 34.3 Å². The molecule has 0 aliphatic heterocycles. The summed E-state index contributed by atoms with van der Waals surface area (Å²) in [4.78, 5) is 11.6. The fourth-order valence-corrected chi connectivity index (χ4v) is 2.47. The molecule has 0 spiro atoms. The van der Waals surface area contributed by atoms with E-state index in [4.69, 9.17) is 0 Å². The van der Waals surface area contributed by atoms with E-state index in [2.05, 4.69) is 14.4 Å². The molecular weight excluding hydrogens is 304 g/mol. The van der Waals surface area contributed by atoms with Crippen molar-refractivity contribution in [2.24, 2.45) is 9.63 Å². The average molecular weight is 318 g/mol. The number of esters is 1. The maximum Gasteiger partial charge on any atom is 0.340 e. The Kier molecular flexibility index (Phi) is 4.67. The van der Waals surface area contributed by atoms with Gasteiger partial charge in [-0.3, -0.25) is 0 Å². The Labute approximate surface area is 128 Å². The van der Waals surface area contributed by atoms with Gasteiger partial charge in [0.1, 0.15) is 5.69 Å². The Morgan fingerprint density at radius 2 is 1.68 bits per heavy atom. The van der Waals surface area contributed by atoms with Crippen LogP contribution in [0.1, 0.15) is 15.9 Å². The minimum absolute atomic E-state index is 0.0393. The number of nitrogens with zero attached hydrogens (tertiary/aromatic N) is 2. The van der Waals surface area contributed by atoms with Crippen LogP contribution in [0.25, 0.3) is 0 Å². The Morgan fingerprint density at radius 1 is 1.05 bits per heavy atom. The second-order valence-electron chi connectivity index (χ2n) is 4.48. The number of methoxy groups -OCH3 is 1. The van der Waals surface area contributed by atoms with Crippen LogP contribution in [-0.4, -0.2) is 21.5 Å². The Hall–Kier alpha value is -2.54. The van der Waals surface area contributed by atoms with Gasteiger partial charge < -0.3 is 4.74 Å². The molecule has 0 aliphatic rings. The number of carbonyl (C=O) groups excluding carboxylic acids is 1. The smallest absolute Gasteiger partial charge is 0.340 e. The lowest BCUT2D eigenvalue weighted by Crippen LogP contribution is -2.01. The molecule has 2 rings (SSSR count). The Balaban J connectivity index is 2.36. The van der Waals surface area contributed by atoms with Gasteiger partial charge in [0.2, 0.25) is 0 Å². The van der Waals surface area contributed by atoms with Crippen LogP contribution in [-0.2, 0) is 14.8 Å². The molecule has 0 heterocycles. The Bertz CT molecular complexity index is 812. The quantitative estimate of drug-likeness (QED) is 0.639. The molecule has 0 radical (unpaired) electrons. The third-order valence-corrected chi connectivity index (χ3v) is 4.05. The zero-order valence-corrected chi connectivity index (χ0v) is 12.9. The first-order chi connectivity index (χ1) is 10.4. The van der Waals surface area contributed by atoms with Crippen LogP contribution < -0.4 is 0 Å². The molecule has 0 fully saturated rings. The second kappa shape index (κ2) is 6.48. The van der Waals surface area contributed by atoms with Crippen LogP contribution in [0, 0.1) is 6.92 Å². The fourth-order valence-electron chi connectivity index (χ4n) is 1.70. The van der Waals surface area contributed by atoms with Crippen molar-refractivity contribution < 1.29 is 17.9 Å². The highest BCUT2D eigenvalue weighted by Gasteiger charge is 2.14. The van der Waals surface area contributed by atoms with Gasteiger partial charge in [-0.25, -0.2) is 4.79 Å². The molecule has 0 N–H and O–H groups in total. The van der Waals surface area contributed by atoms with Crippen molar-refractivity contribution in [1.29, 1.82) is 0 Å². The van der Waals surface area contributed by atoms with Crippen molar-refractivity contribution in [1.82, 2.24) is 0 Å². The third kappa shape index (κ3) is 3.56. The van der Waals surface area contributed by atoms with Crippen LogP contribution in [0.3, 0.4) is 0 Å². The molecule has 2 aromatic rings. The predicted molar refractivity (Wildman–Crippen MR) is 80.7 cm³/mol. The van der Waals surface area contributed by atoms with Gasteiger partial charge in [0, 0.05) is 0 Å². The molecule has 2 aromatic carbocycles. The van der Waals surface area contributed by atoms with E-state index in [1.807, 2.05) is 6.92 Å². The highest BCUT2D eigenvalue weighted by Crippen LogP contribution is 2.22. The standard InChI is InChI=1S/C15H14N2O4S/c1-11-7-9-12(10-8-11)22(19,20)17-16-14-6-4-3-5-13(14)15(18)21-2/h3-10H,1-2H3. The SMILES string of the molecule is COC(=O)c1ccccc1N=NS(=O)(=O)c1ccc(C)cc1. The minimum Gasteiger partial charge on any atom is -0.465 e. The molecule has 114 valence electrons. The molecule has 22 heavy (non-hydrogen) atoms. The van der Waals surface area contributed by atoms with E-state index in [1.165, 1.54) is 31.4 Å². The highest BCUT2D eigenvalue weighted by atomic mass is 32.2. The molecule has 6 nitrogen and oxygen atoms in total. The van der Waals surface area contributed by atoms with E-state index in [-0.39, 0.29) is 16.1 Å². The van der Waals surface area contributed by atoms with Gasteiger partial charge in [-0.15, -0.1) is 5.11 Å². The molecule has 0 unspecified atom stereocenters. The van der Waals surface area contributed by atoms with E-state index >= 15 is 0 Å². The molecular formula is C15H14N2O4S.